The van der Waals surface area contributed by atoms with Crippen molar-refractivity contribution in [2.45, 2.75) is 6.42 Å². The van der Waals surface area contributed by atoms with Gasteiger partial charge in [-0.3, -0.25) is 9.78 Å². The van der Waals surface area contributed by atoms with Crippen LogP contribution in [0.5, 0.6) is 0 Å². The molecule has 0 bridgehead atoms. The largest absolute Gasteiger partial charge is 0.481 e. The quantitative estimate of drug-likeness (QED) is 0.771. The number of aromatic nitrogens is 1. The molecule has 78 valence electrons. The van der Waals surface area contributed by atoms with Gasteiger partial charge in [0, 0.05) is 23.3 Å². The second-order valence-electron chi connectivity index (χ2n) is 3.45. The Hall–Kier alpha value is -2.34. The van der Waals surface area contributed by atoms with Crippen molar-refractivity contribution in [2.75, 3.05) is 0 Å². The third kappa shape index (κ3) is 1.86. The molecule has 0 aliphatic carbocycles. The highest BCUT2D eigenvalue weighted by molar-refractivity contribution is 5.88. The lowest BCUT2D eigenvalue weighted by Gasteiger charge is -2.03. The zero-order valence-electron chi connectivity index (χ0n) is 8.47. The fourth-order valence-corrected chi connectivity index (χ4v) is 1.62. The predicted molar refractivity (Wildman–Crippen MR) is 61.0 cm³/mol. The molecule has 3 heteroatoms. The summed E-state index contributed by atoms with van der Waals surface area (Å²) in [5.41, 5.74) is 1.42. The highest BCUT2D eigenvalue weighted by atomic mass is 16.4. The molecule has 2 aromatic rings. The van der Waals surface area contributed by atoms with E-state index in [2.05, 4.69) is 10.9 Å². The van der Waals surface area contributed by atoms with Crippen LogP contribution in [0.4, 0.5) is 0 Å². The average Bonchev–Trinajstić information content (AvgIpc) is 2.28. The van der Waals surface area contributed by atoms with Crippen LogP contribution in [0.15, 0.2) is 30.6 Å². The van der Waals surface area contributed by atoms with Crippen LogP contribution in [0, 0.1) is 12.3 Å². The maximum atomic E-state index is 10.7. The standard InChI is InChI=1S/C13H9NO2/c1-2-9-3-4-10-7-14-8-11(6-13(15)16)12(10)5-9/h1,3-5,7-8H,6H2,(H,15,16). The molecule has 1 aromatic heterocycles. The lowest BCUT2D eigenvalue weighted by molar-refractivity contribution is -0.136. The molecule has 3 nitrogen and oxygen atoms in total. The molecule has 1 N–H and O–H groups in total. The highest BCUT2D eigenvalue weighted by Gasteiger charge is 2.06. The van der Waals surface area contributed by atoms with Gasteiger partial charge in [0.2, 0.25) is 0 Å². The lowest BCUT2D eigenvalue weighted by Crippen LogP contribution is -2.01. The number of nitrogens with zero attached hydrogens (tertiary/aromatic N) is 1. The molecule has 0 amide bonds. The molecule has 0 spiro atoms. The summed E-state index contributed by atoms with van der Waals surface area (Å²) in [5, 5.41) is 10.5. The van der Waals surface area contributed by atoms with Gasteiger partial charge in [0.15, 0.2) is 0 Å². The van der Waals surface area contributed by atoms with Gasteiger partial charge in [-0.05, 0) is 23.1 Å². The van der Waals surface area contributed by atoms with E-state index in [9.17, 15) is 4.79 Å². The molecular formula is C13H9NO2. The third-order valence-corrected chi connectivity index (χ3v) is 2.35. The summed E-state index contributed by atoms with van der Waals surface area (Å²) in [6.45, 7) is 0. The second kappa shape index (κ2) is 4.03. The molecular weight excluding hydrogens is 202 g/mol. The van der Waals surface area contributed by atoms with Crippen LogP contribution in [0.25, 0.3) is 10.8 Å². The number of fused-ring (bicyclic) bond motifs is 1. The van der Waals surface area contributed by atoms with E-state index >= 15 is 0 Å². The summed E-state index contributed by atoms with van der Waals surface area (Å²) in [5.74, 6) is 1.66. The number of pyridine rings is 1. The van der Waals surface area contributed by atoms with Gasteiger partial charge in [-0.25, -0.2) is 0 Å². The van der Waals surface area contributed by atoms with E-state index in [1.165, 1.54) is 0 Å². The first kappa shape index (κ1) is 10.2. The van der Waals surface area contributed by atoms with Gasteiger partial charge in [-0.2, -0.15) is 0 Å². The SMILES string of the molecule is C#Cc1ccc2cncc(CC(=O)O)c2c1. The van der Waals surface area contributed by atoms with Crippen LogP contribution in [0.3, 0.4) is 0 Å². The molecule has 0 aliphatic rings. The van der Waals surface area contributed by atoms with E-state index in [1.807, 2.05) is 18.2 Å². The number of hydrogen-bond acceptors (Lipinski definition) is 2. The van der Waals surface area contributed by atoms with Crippen LogP contribution < -0.4 is 0 Å². The van der Waals surface area contributed by atoms with E-state index in [0.717, 1.165) is 16.3 Å². The summed E-state index contributed by atoms with van der Waals surface area (Å²) in [7, 11) is 0. The normalized spacial score (nSPS) is 9.94. The first-order valence-electron chi connectivity index (χ1n) is 4.76. The molecule has 1 aromatic carbocycles. The molecule has 16 heavy (non-hydrogen) atoms. The molecule has 0 atom stereocenters. The number of carboxylic acids is 1. The number of aliphatic carboxylic acids is 1. The second-order valence-corrected chi connectivity index (χ2v) is 3.45. The monoisotopic (exact) mass is 211 g/mol. The van der Waals surface area contributed by atoms with Gasteiger partial charge in [0.1, 0.15) is 0 Å². The molecule has 0 aliphatic heterocycles. The number of benzene rings is 1. The maximum Gasteiger partial charge on any atom is 0.307 e. The zero-order chi connectivity index (χ0) is 11.5. The fourth-order valence-electron chi connectivity index (χ4n) is 1.62. The zero-order valence-corrected chi connectivity index (χ0v) is 8.47. The predicted octanol–water partition coefficient (Wildman–Crippen LogP) is 1.84. The molecule has 1 heterocycles. The Labute approximate surface area is 92.7 Å². The van der Waals surface area contributed by atoms with Crippen LogP contribution in [0.1, 0.15) is 11.1 Å². The van der Waals surface area contributed by atoms with Crippen molar-refractivity contribution >= 4 is 16.7 Å². The van der Waals surface area contributed by atoms with Crippen LogP contribution in [0.2, 0.25) is 0 Å². The Bertz CT molecular complexity index is 596. The third-order valence-electron chi connectivity index (χ3n) is 2.35. The molecule has 0 fully saturated rings. The summed E-state index contributed by atoms with van der Waals surface area (Å²) in [4.78, 5) is 14.7. The van der Waals surface area contributed by atoms with Gasteiger partial charge >= 0.3 is 5.97 Å². The number of carboxylic acid groups (broad SMARTS) is 1. The van der Waals surface area contributed by atoms with E-state index in [-0.39, 0.29) is 6.42 Å². The fraction of sp³-hybridized carbons (Fsp3) is 0.0769. The minimum atomic E-state index is -0.875. The number of rotatable bonds is 2. The smallest absolute Gasteiger partial charge is 0.307 e. The Morgan fingerprint density at radius 1 is 1.44 bits per heavy atom. The van der Waals surface area contributed by atoms with Crippen LogP contribution in [-0.4, -0.2) is 16.1 Å². The van der Waals surface area contributed by atoms with Crippen molar-refractivity contribution in [3.8, 4) is 12.3 Å². The van der Waals surface area contributed by atoms with Crippen LogP contribution >= 0.6 is 0 Å². The Morgan fingerprint density at radius 2 is 2.25 bits per heavy atom. The molecule has 0 saturated carbocycles. The number of terminal acetylenes is 1. The van der Waals surface area contributed by atoms with Crippen molar-refractivity contribution < 1.29 is 9.90 Å². The number of hydrogen-bond donors (Lipinski definition) is 1. The Balaban J connectivity index is 2.65. The minimum Gasteiger partial charge on any atom is -0.481 e. The lowest BCUT2D eigenvalue weighted by atomic mass is 10.0. The Morgan fingerprint density at radius 3 is 2.94 bits per heavy atom. The maximum absolute atomic E-state index is 10.7. The minimum absolute atomic E-state index is 0.0433. The summed E-state index contributed by atoms with van der Waals surface area (Å²) in [6, 6.07) is 5.48. The van der Waals surface area contributed by atoms with Gasteiger partial charge in [0.25, 0.3) is 0 Å². The van der Waals surface area contributed by atoms with Gasteiger partial charge < -0.3 is 5.11 Å². The van der Waals surface area contributed by atoms with Gasteiger partial charge in [0.05, 0.1) is 6.42 Å². The first-order valence-corrected chi connectivity index (χ1v) is 4.76. The van der Waals surface area contributed by atoms with Crippen molar-refractivity contribution in [3.63, 3.8) is 0 Å². The summed E-state index contributed by atoms with van der Waals surface area (Å²) in [6.07, 6.45) is 8.53. The van der Waals surface area contributed by atoms with E-state index in [4.69, 9.17) is 11.5 Å². The van der Waals surface area contributed by atoms with Crippen LogP contribution in [-0.2, 0) is 11.2 Å². The van der Waals surface area contributed by atoms with Gasteiger partial charge in [-0.1, -0.05) is 12.0 Å². The van der Waals surface area contributed by atoms with E-state index in [0.29, 0.717) is 5.56 Å². The topological polar surface area (TPSA) is 50.2 Å². The summed E-state index contributed by atoms with van der Waals surface area (Å²) >= 11 is 0. The highest BCUT2D eigenvalue weighted by Crippen LogP contribution is 2.19. The first-order chi connectivity index (χ1) is 7.70. The summed E-state index contributed by atoms with van der Waals surface area (Å²) < 4.78 is 0. The molecule has 0 radical (unpaired) electrons. The van der Waals surface area contributed by atoms with Crippen molar-refractivity contribution in [1.82, 2.24) is 4.98 Å². The van der Waals surface area contributed by atoms with Crippen molar-refractivity contribution in [3.05, 3.63) is 41.7 Å². The molecule has 0 unspecified atom stereocenters. The average molecular weight is 211 g/mol. The van der Waals surface area contributed by atoms with E-state index < -0.39 is 5.97 Å². The molecule has 0 saturated heterocycles. The van der Waals surface area contributed by atoms with Gasteiger partial charge in [-0.15, -0.1) is 6.42 Å². The van der Waals surface area contributed by atoms with Crippen molar-refractivity contribution in [2.24, 2.45) is 0 Å². The Kier molecular flexibility index (Phi) is 2.57. The van der Waals surface area contributed by atoms with E-state index in [1.54, 1.807) is 12.4 Å². The molecule has 2 rings (SSSR count). The number of carbonyl (C=O) groups is 1. The van der Waals surface area contributed by atoms with Crippen molar-refractivity contribution in [1.29, 1.82) is 0 Å².